The molecule has 1 amide bonds. The molecule has 1 rings (SSSR count). The molecule has 42 valence electrons. The van der Waals surface area contributed by atoms with Gasteiger partial charge in [-0.3, -0.25) is 0 Å². The lowest BCUT2D eigenvalue weighted by Gasteiger charge is -1.72. The van der Waals surface area contributed by atoms with Crippen LogP contribution in [0.3, 0.4) is 0 Å². The maximum Gasteiger partial charge on any atom is 0.349 e. The number of rotatable bonds is 0. The van der Waals surface area contributed by atoms with Crippen LogP contribution >= 0.6 is 0 Å². The molecular formula is C5H7N2O+. The highest BCUT2D eigenvalue weighted by Crippen LogP contribution is 1.95. The zero-order valence-corrected chi connectivity index (χ0v) is 4.48. The average molecular weight is 111 g/mol. The Labute approximate surface area is 47.1 Å². The summed E-state index contributed by atoms with van der Waals surface area (Å²) in [4.78, 5) is 10.4. The lowest BCUT2D eigenvalue weighted by atomic mass is 10.4. The molecule has 1 heterocycles. The van der Waals surface area contributed by atoms with E-state index in [0.29, 0.717) is 12.3 Å². The molecule has 0 bridgehead atoms. The average Bonchev–Trinajstić information content (AvgIpc) is 2.14. The van der Waals surface area contributed by atoms with E-state index in [2.05, 4.69) is 16.7 Å². The predicted octanol–water partition coefficient (Wildman–Crippen LogP) is -0.937. The van der Waals surface area contributed by atoms with Gasteiger partial charge in [-0.2, -0.15) is 0 Å². The molecule has 8 heavy (non-hydrogen) atoms. The first-order valence-electron chi connectivity index (χ1n) is 2.45. The quantitative estimate of drug-likeness (QED) is 0.318. The predicted molar refractivity (Wildman–Crippen MR) is 31.6 cm³/mol. The van der Waals surface area contributed by atoms with E-state index in [1.165, 1.54) is 0 Å². The summed E-state index contributed by atoms with van der Waals surface area (Å²) < 4.78 is 3.57. The van der Waals surface area contributed by atoms with Gasteiger partial charge in [-0.25, -0.2) is 14.8 Å². The fourth-order valence-corrected chi connectivity index (χ4v) is 0.636. The zero-order chi connectivity index (χ0) is 5.98. The summed E-state index contributed by atoms with van der Waals surface area (Å²) in [6, 6.07) is 0. The van der Waals surface area contributed by atoms with Gasteiger partial charge in [0.05, 0.1) is 12.8 Å². The number of hydrogen-bond acceptors (Lipinski definition) is 1. The molecule has 1 aliphatic heterocycles. The number of carbonyl (C=O) groups excluding carboxylic acids is 1. The lowest BCUT2D eigenvalue weighted by Crippen LogP contribution is -2.21. The molecule has 0 atom stereocenters. The molecular weight excluding hydrogens is 104 g/mol. The first kappa shape index (κ1) is 5.06. The molecule has 0 aromatic rings. The van der Waals surface area contributed by atoms with Crippen molar-refractivity contribution in [3.8, 4) is 0 Å². The molecule has 0 aromatic carbocycles. The Morgan fingerprint density at radius 3 is 2.62 bits per heavy atom. The normalized spacial score (nSPS) is 18.0. The maximum atomic E-state index is 10.4. The summed E-state index contributed by atoms with van der Waals surface area (Å²) >= 11 is 0. The number of nitrogens with zero attached hydrogens (tertiary/aromatic N) is 1. The fraction of sp³-hybridized carbons (Fsp3) is 0.400. The minimum atomic E-state index is 0.0485. The fourth-order valence-electron chi connectivity index (χ4n) is 0.636. The second kappa shape index (κ2) is 1.80. The molecule has 0 radical (unpaired) electrons. The van der Waals surface area contributed by atoms with Gasteiger partial charge >= 0.3 is 11.7 Å². The van der Waals surface area contributed by atoms with Crippen molar-refractivity contribution in [1.82, 2.24) is 9.98 Å². The van der Waals surface area contributed by atoms with Gasteiger partial charge in [0.1, 0.15) is 0 Å². The van der Waals surface area contributed by atoms with Crippen LogP contribution in [0.2, 0.25) is 0 Å². The van der Waals surface area contributed by atoms with Crippen molar-refractivity contribution < 1.29 is 4.79 Å². The summed E-state index contributed by atoms with van der Waals surface area (Å²) in [5.74, 6) is 0.752. The molecule has 3 heteroatoms. The van der Waals surface area contributed by atoms with Crippen molar-refractivity contribution >= 4 is 18.5 Å². The van der Waals surface area contributed by atoms with Gasteiger partial charge in [-0.1, -0.05) is 0 Å². The first-order valence-corrected chi connectivity index (χ1v) is 2.45. The number of nitrogens with one attached hydrogen (secondary N) is 1. The molecule has 3 nitrogen and oxygen atoms in total. The van der Waals surface area contributed by atoms with Crippen molar-refractivity contribution in [2.45, 2.75) is 12.8 Å². The molecule has 0 spiro atoms. The standard InChI is InChI=1S/C5H6N2O/c1-6-4-2-3-5(8)7-4/h1-3H2/p+1. The highest BCUT2D eigenvalue weighted by Gasteiger charge is 2.23. The van der Waals surface area contributed by atoms with E-state index in [9.17, 15) is 4.79 Å². The minimum absolute atomic E-state index is 0.0485. The number of carbonyl (C=O) groups is 1. The lowest BCUT2D eigenvalue weighted by molar-refractivity contribution is -0.118. The van der Waals surface area contributed by atoms with E-state index in [1.807, 2.05) is 0 Å². The summed E-state index contributed by atoms with van der Waals surface area (Å²) in [7, 11) is 0. The third-order valence-electron chi connectivity index (χ3n) is 1.06. The highest BCUT2D eigenvalue weighted by molar-refractivity contribution is 6.04. The topological polar surface area (TPSA) is 43.2 Å². The second-order valence-corrected chi connectivity index (χ2v) is 1.65. The summed E-state index contributed by atoms with van der Waals surface area (Å²) in [6.45, 7) is 3.28. The van der Waals surface area contributed by atoms with E-state index in [1.54, 1.807) is 0 Å². The van der Waals surface area contributed by atoms with Crippen LogP contribution in [0.4, 0.5) is 0 Å². The number of amidine groups is 1. The molecule has 0 saturated carbocycles. The molecule has 1 N–H and O–H groups in total. The second-order valence-electron chi connectivity index (χ2n) is 1.65. The summed E-state index contributed by atoms with van der Waals surface area (Å²) in [5.41, 5.74) is 0. The van der Waals surface area contributed by atoms with Crippen molar-refractivity contribution in [3.63, 3.8) is 0 Å². The summed E-state index contributed by atoms with van der Waals surface area (Å²) in [6.07, 6.45) is 1.29. The third-order valence-corrected chi connectivity index (χ3v) is 1.06. The van der Waals surface area contributed by atoms with Crippen LogP contribution in [0, 0.1) is 0 Å². The van der Waals surface area contributed by atoms with Crippen LogP contribution in [-0.4, -0.2) is 18.5 Å². The molecule has 1 aliphatic rings. The van der Waals surface area contributed by atoms with Crippen molar-refractivity contribution in [3.05, 3.63) is 0 Å². The Hall–Kier alpha value is -1.08. The van der Waals surface area contributed by atoms with Crippen LogP contribution in [0.1, 0.15) is 12.8 Å². The van der Waals surface area contributed by atoms with Crippen molar-refractivity contribution in [1.29, 1.82) is 0 Å². The molecule has 0 aromatic heterocycles. The molecule has 0 aliphatic carbocycles. The Morgan fingerprint density at radius 2 is 2.38 bits per heavy atom. The Bertz CT molecular complexity index is 167. The SMILES string of the molecule is C=[N+]=C1CCC(=O)N1. The van der Waals surface area contributed by atoms with E-state index in [0.717, 1.165) is 6.42 Å². The number of amides is 1. The van der Waals surface area contributed by atoms with Crippen molar-refractivity contribution in [2.24, 2.45) is 0 Å². The molecule has 1 fully saturated rings. The van der Waals surface area contributed by atoms with Gasteiger partial charge in [-0.15, -0.1) is 0 Å². The van der Waals surface area contributed by atoms with Gasteiger partial charge < -0.3 is 0 Å². The van der Waals surface area contributed by atoms with Crippen LogP contribution in [0.5, 0.6) is 0 Å². The Kier molecular flexibility index (Phi) is 1.14. The van der Waals surface area contributed by atoms with Gasteiger partial charge in [0.25, 0.3) is 0 Å². The molecule has 0 unspecified atom stereocenters. The smallest absolute Gasteiger partial charge is 0.247 e. The van der Waals surface area contributed by atoms with Crippen molar-refractivity contribution in [2.75, 3.05) is 0 Å². The first-order chi connectivity index (χ1) is 3.83. The minimum Gasteiger partial charge on any atom is -0.247 e. The highest BCUT2D eigenvalue weighted by atomic mass is 16.1. The van der Waals surface area contributed by atoms with E-state index in [4.69, 9.17) is 0 Å². The van der Waals surface area contributed by atoms with E-state index >= 15 is 0 Å². The van der Waals surface area contributed by atoms with E-state index in [-0.39, 0.29) is 5.91 Å². The van der Waals surface area contributed by atoms with Gasteiger partial charge in [0.15, 0.2) is 6.72 Å². The maximum absolute atomic E-state index is 10.4. The summed E-state index contributed by atoms with van der Waals surface area (Å²) in [5, 5.41) is 2.55. The Balaban J connectivity index is 2.70. The third kappa shape index (κ3) is 0.768. The van der Waals surface area contributed by atoms with Crippen LogP contribution in [0.25, 0.3) is 0 Å². The monoisotopic (exact) mass is 111 g/mol. The van der Waals surface area contributed by atoms with Gasteiger partial charge in [0.2, 0.25) is 0 Å². The Morgan fingerprint density at radius 1 is 1.62 bits per heavy atom. The largest absolute Gasteiger partial charge is 0.349 e. The van der Waals surface area contributed by atoms with Crippen LogP contribution in [-0.2, 0) is 4.79 Å². The number of hydrogen-bond donors (Lipinski definition) is 1. The van der Waals surface area contributed by atoms with Crippen LogP contribution < -0.4 is 9.98 Å². The molecule has 1 saturated heterocycles. The van der Waals surface area contributed by atoms with E-state index < -0.39 is 0 Å². The zero-order valence-electron chi connectivity index (χ0n) is 4.48. The van der Waals surface area contributed by atoms with Gasteiger partial charge in [-0.05, 0) is 0 Å². The van der Waals surface area contributed by atoms with Crippen LogP contribution in [0.15, 0.2) is 0 Å². The van der Waals surface area contributed by atoms with Gasteiger partial charge in [0, 0.05) is 0 Å².